The van der Waals surface area contributed by atoms with Crippen LogP contribution in [0.1, 0.15) is 16.8 Å². The van der Waals surface area contributed by atoms with Crippen molar-refractivity contribution >= 4 is 21.9 Å². The minimum Gasteiger partial charge on any atom is -0.261 e. The molecule has 0 bridgehead atoms. The molecule has 2 aromatic heterocycles. The summed E-state index contributed by atoms with van der Waals surface area (Å²) >= 11 is 0. The Bertz CT molecular complexity index is 2170. The molecule has 2 atom stereocenters. The summed E-state index contributed by atoms with van der Waals surface area (Å²) in [5.41, 5.74) is 10.6. The number of rotatable bonds is 4. The lowest BCUT2D eigenvalue weighted by molar-refractivity contribution is 0.686. The summed E-state index contributed by atoms with van der Waals surface area (Å²) in [7, 11) is 0. The Labute approximate surface area is 251 Å². The van der Waals surface area contributed by atoms with Gasteiger partial charge in [-0.15, -0.1) is 0 Å². The van der Waals surface area contributed by atoms with Gasteiger partial charge in [-0.25, -0.2) is 0 Å². The lowest BCUT2D eigenvalue weighted by Gasteiger charge is -2.33. The Morgan fingerprint density at radius 1 is 0.465 bits per heavy atom. The lowest BCUT2D eigenvalue weighted by atomic mass is 9.70. The molecule has 0 spiro atoms. The van der Waals surface area contributed by atoms with Crippen LogP contribution >= 0.6 is 0 Å². The van der Waals surface area contributed by atoms with E-state index in [0.717, 1.165) is 22.5 Å². The van der Waals surface area contributed by atoms with Crippen LogP contribution in [-0.4, -0.2) is 9.97 Å². The number of hydrogen-bond acceptors (Lipinski definition) is 2. The van der Waals surface area contributed by atoms with Crippen LogP contribution < -0.4 is 10.4 Å². The molecule has 0 saturated heterocycles. The van der Waals surface area contributed by atoms with Crippen molar-refractivity contribution < 1.29 is 0 Å². The number of hydrogen-bond donors (Lipinski definition) is 0. The summed E-state index contributed by atoms with van der Waals surface area (Å²) < 4.78 is 0. The number of aryl methyl sites for hydroxylation is 1. The fourth-order valence-corrected chi connectivity index (χ4v) is 6.73. The first-order valence-electron chi connectivity index (χ1n) is 14.9. The van der Waals surface area contributed by atoms with E-state index in [9.17, 15) is 0 Å². The molecule has 0 amide bonds. The Kier molecular flexibility index (Phi) is 6.19. The molecule has 2 heteroatoms. The normalized spacial score (nSPS) is 17.1. The predicted octanol–water partition coefficient (Wildman–Crippen LogP) is 8.04. The summed E-state index contributed by atoms with van der Waals surface area (Å²) in [6.45, 7) is 2.00. The van der Waals surface area contributed by atoms with E-state index in [1.54, 1.807) is 0 Å². The maximum Gasteiger partial charge on any atom is 0.0717 e. The van der Waals surface area contributed by atoms with Crippen LogP contribution in [0.25, 0.3) is 44.3 Å². The molecule has 204 valence electrons. The van der Waals surface area contributed by atoms with Crippen LogP contribution in [0.2, 0.25) is 0 Å². The van der Waals surface area contributed by atoms with Crippen molar-refractivity contribution in [2.24, 2.45) is 11.8 Å². The Hall–Kier alpha value is -5.34. The monoisotopic (exact) mass is 550 g/mol. The molecule has 6 aromatic rings. The summed E-state index contributed by atoms with van der Waals surface area (Å²) in [5.74, 6) is 0.571. The van der Waals surface area contributed by atoms with Crippen LogP contribution in [0.3, 0.4) is 0 Å². The molecule has 2 heterocycles. The smallest absolute Gasteiger partial charge is 0.0717 e. The molecule has 0 radical (unpaired) electrons. The van der Waals surface area contributed by atoms with Crippen molar-refractivity contribution in [3.8, 4) is 22.4 Å². The van der Waals surface area contributed by atoms with Gasteiger partial charge in [0.2, 0.25) is 0 Å². The summed E-state index contributed by atoms with van der Waals surface area (Å²) in [6.07, 6.45) is 13.0. The average molecular weight is 551 g/mol. The second kappa shape index (κ2) is 10.5. The zero-order valence-electron chi connectivity index (χ0n) is 24.0. The van der Waals surface area contributed by atoms with Crippen LogP contribution in [-0.2, 0) is 0 Å². The first-order valence-corrected chi connectivity index (χ1v) is 14.9. The van der Waals surface area contributed by atoms with Gasteiger partial charge in [-0.05, 0) is 86.3 Å². The molecule has 0 aliphatic heterocycles. The largest absolute Gasteiger partial charge is 0.261 e. The molecule has 2 unspecified atom stereocenters. The topological polar surface area (TPSA) is 25.8 Å². The quantitative estimate of drug-likeness (QED) is 0.222. The molecule has 0 saturated carbocycles. The van der Waals surface area contributed by atoms with Crippen LogP contribution in [0.4, 0.5) is 0 Å². The highest BCUT2D eigenvalue weighted by Gasteiger charge is 2.31. The van der Waals surface area contributed by atoms with E-state index in [1.165, 1.54) is 49.0 Å². The lowest BCUT2D eigenvalue weighted by Crippen LogP contribution is -2.40. The maximum absolute atomic E-state index is 4.74. The van der Waals surface area contributed by atoms with E-state index < -0.39 is 0 Å². The third-order valence-corrected chi connectivity index (χ3v) is 8.85. The molecular weight excluding hydrogens is 520 g/mol. The average Bonchev–Trinajstić information content (AvgIpc) is 3.07. The summed E-state index contributed by atoms with van der Waals surface area (Å²) in [5, 5.41) is 5.13. The minimum absolute atomic E-state index is 0.278. The predicted molar refractivity (Wildman–Crippen MR) is 178 cm³/mol. The van der Waals surface area contributed by atoms with Crippen molar-refractivity contribution in [1.29, 1.82) is 0 Å². The van der Waals surface area contributed by atoms with Gasteiger partial charge in [0, 0.05) is 41.1 Å². The van der Waals surface area contributed by atoms with Gasteiger partial charge in [0.15, 0.2) is 0 Å². The van der Waals surface area contributed by atoms with Crippen LogP contribution in [0, 0.1) is 18.8 Å². The first kappa shape index (κ1) is 25.4. The van der Waals surface area contributed by atoms with E-state index in [-0.39, 0.29) is 5.92 Å². The summed E-state index contributed by atoms with van der Waals surface area (Å²) in [4.78, 5) is 9.15. The molecule has 43 heavy (non-hydrogen) atoms. The Morgan fingerprint density at radius 2 is 1.05 bits per heavy atom. The fraction of sp³-hybridized carbons (Fsp3) is 0.0732. The SMILES string of the molecule is Cc1ccc(-c2ccc(-c3ccc4cc(C5=c6ccccc6=C(c6ccccc6)C6C=CC=CC56)ccc4c3)cn2)cn1. The molecule has 2 aliphatic carbocycles. The zero-order valence-corrected chi connectivity index (χ0v) is 24.0. The van der Waals surface area contributed by atoms with Crippen molar-refractivity contribution in [2.75, 3.05) is 0 Å². The van der Waals surface area contributed by atoms with Crippen LogP contribution in [0.5, 0.6) is 0 Å². The number of benzene rings is 4. The van der Waals surface area contributed by atoms with E-state index >= 15 is 0 Å². The van der Waals surface area contributed by atoms with Gasteiger partial charge in [0.25, 0.3) is 0 Å². The second-order valence-electron chi connectivity index (χ2n) is 11.5. The number of aromatic nitrogens is 2. The molecule has 8 rings (SSSR count). The highest BCUT2D eigenvalue weighted by atomic mass is 14.7. The molecule has 2 aliphatic rings. The van der Waals surface area contributed by atoms with E-state index in [2.05, 4.69) is 138 Å². The van der Waals surface area contributed by atoms with Crippen LogP contribution in [0.15, 0.2) is 152 Å². The highest BCUT2D eigenvalue weighted by molar-refractivity contribution is 5.91. The number of nitrogens with zero attached hydrogens (tertiary/aromatic N) is 2. The minimum atomic E-state index is 0.278. The van der Waals surface area contributed by atoms with E-state index in [4.69, 9.17) is 4.98 Å². The molecular formula is C41H30N2. The van der Waals surface area contributed by atoms with E-state index in [1.807, 2.05) is 25.4 Å². The van der Waals surface area contributed by atoms with E-state index in [0.29, 0.717) is 5.92 Å². The van der Waals surface area contributed by atoms with Crippen molar-refractivity contribution in [2.45, 2.75) is 6.92 Å². The summed E-state index contributed by atoms with van der Waals surface area (Å²) in [6, 6.07) is 41.8. The molecule has 4 aromatic carbocycles. The van der Waals surface area contributed by atoms with Gasteiger partial charge in [0.1, 0.15) is 0 Å². The van der Waals surface area contributed by atoms with Gasteiger partial charge >= 0.3 is 0 Å². The zero-order chi connectivity index (χ0) is 28.8. The van der Waals surface area contributed by atoms with Gasteiger partial charge in [-0.3, -0.25) is 9.97 Å². The highest BCUT2D eigenvalue weighted by Crippen LogP contribution is 2.40. The molecule has 2 nitrogen and oxygen atoms in total. The third-order valence-electron chi connectivity index (χ3n) is 8.85. The Balaban J connectivity index is 1.22. The van der Waals surface area contributed by atoms with Gasteiger partial charge in [-0.1, -0.05) is 109 Å². The first-order chi connectivity index (χ1) is 21.2. The standard InChI is InChI=1S/C41H30N2/c1-27-15-16-34(26-42-27)39-22-21-33(25-43-39)31-18-17-30-24-32(20-19-29(30)23-31)41-37-13-7-5-11-35(37)40(28-9-3-2-4-10-28)36-12-6-8-14-38(36)41/h2-26,35,37H,1H3. The fourth-order valence-electron chi connectivity index (χ4n) is 6.73. The maximum atomic E-state index is 4.74. The second-order valence-corrected chi connectivity index (χ2v) is 11.5. The number of allylic oxidation sites excluding steroid dienone is 4. The van der Waals surface area contributed by atoms with Gasteiger partial charge in [0.05, 0.1) is 5.69 Å². The van der Waals surface area contributed by atoms with Crippen molar-refractivity contribution in [1.82, 2.24) is 9.97 Å². The molecule has 0 N–H and O–H groups in total. The third kappa shape index (κ3) is 4.52. The Morgan fingerprint density at radius 3 is 1.70 bits per heavy atom. The van der Waals surface area contributed by atoms with Gasteiger partial charge in [-0.2, -0.15) is 0 Å². The van der Waals surface area contributed by atoms with Crippen molar-refractivity contribution in [3.05, 3.63) is 179 Å². The molecule has 0 fully saturated rings. The van der Waals surface area contributed by atoms with Crippen molar-refractivity contribution in [3.63, 3.8) is 0 Å². The van der Waals surface area contributed by atoms with Gasteiger partial charge < -0.3 is 0 Å². The number of pyridine rings is 2. The number of fused-ring (bicyclic) bond motifs is 3.